The van der Waals surface area contributed by atoms with Crippen LogP contribution in [-0.4, -0.2) is 125 Å². The number of carbonyl (C=O) groups is 1. The molecule has 0 aromatic carbocycles. The van der Waals surface area contributed by atoms with Crippen molar-refractivity contribution in [1.29, 1.82) is 0 Å². The molecule has 0 rings (SSSR count). The lowest BCUT2D eigenvalue weighted by atomic mass is 10.3. The molecule has 0 saturated heterocycles. The van der Waals surface area contributed by atoms with Gasteiger partial charge in [-0.1, -0.05) is 6.92 Å². The van der Waals surface area contributed by atoms with Gasteiger partial charge in [0.05, 0.1) is 106 Å². The van der Waals surface area contributed by atoms with Gasteiger partial charge in [-0.3, -0.25) is 4.79 Å². The van der Waals surface area contributed by atoms with E-state index in [1.165, 1.54) is 0 Å². The number of esters is 1. The van der Waals surface area contributed by atoms with E-state index in [2.05, 4.69) is 0 Å². The van der Waals surface area contributed by atoms with E-state index in [0.29, 0.717) is 119 Å². The maximum absolute atomic E-state index is 11.1. The fourth-order valence-electron chi connectivity index (χ4n) is 2.22. The molecule has 11 heteroatoms. The Kier molecular flexibility index (Phi) is 28.4. The highest BCUT2D eigenvalue weighted by Gasteiger charge is 1.99. The van der Waals surface area contributed by atoms with Gasteiger partial charge in [0.1, 0.15) is 6.61 Å². The van der Waals surface area contributed by atoms with Gasteiger partial charge >= 0.3 is 5.97 Å². The second-order valence-electron chi connectivity index (χ2n) is 6.66. The van der Waals surface area contributed by atoms with Crippen molar-refractivity contribution >= 4 is 5.97 Å². The lowest BCUT2D eigenvalue weighted by Gasteiger charge is -2.08. The molecule has 0 fully saturated rings. The van der Waals surface area contributed by atoms with Gasteiger partial charge < -0.3 is 48.4 Å². The van der Waals surface area contributed by atoms with Crippen LogP contribution in [0.15, 0.2) is 0 Å². The Balaban J connectivity index is 3.03. The summed E-state index contributed by atoms with van der Waals surface area (Å²) in [5.41, 5.74) is 5.31. The first-order chi connectivity index (χ1) is 16.3. The van der Waals surface area contributed by atoms with Crippen molar-refractivity contribution in [2.24, 2.45) is 5.73 Å². The summed E-state index contributed by atoms with van der Waals surface area (Å²) in [6.07, 6.45) is 1.24. The van der Waals surface area contributed by atoms with Gasteiger partial charge in [0.15, 0.2) is 0 Å². The van der Waals surface area contributed by atoms with E-state index in [0.717, 1.165) is 6.42 Å². The predicted octanol–water partition coefficient (Wildman–Crippen LogP) is 0.421. The first-order valence-electron chi connectivity index (χ1n) is 11.8. The molecule has 0 aliphatic rings. The van der Waals surface area contributed by atoms with E-state index < -0.39 is 0 Å². The Hall–Kier alpha value is -0.890. The zero-order valence-corrected chi connectivity index (χ0v) is 20.3. The van der Waals surface area contributed by atoms with Gasteiger partial charge in [0.25, 0.3) is 0 Å². The standard InChI is InChI=1S/C22H45NO10/c1-2-3-22(24)33-21-20-32-19-18-31-17-16-30-15-14-29-13-12-28-11-10-27-9-8-26-7-6-25-5-4-23/h2-21,23H2,1H3. The minimum absolute atomic E-state index is 0.185. The van der Waals surface area contributed by atoms with E-state index in [9.17, 15) is 4.79 Å². The number of rotatable bonds is 28. The summed E-state index contributed by atoms with van der Waals surface area (Å²) in [5, 5.41) is 0. The highest BCUT2D eigenvalue weighted by Crippen LogP contribution is 1.91. The van der Waals surface area contributed by atoms with Crippen molar-refractivity contribution in [2.75, 3.05) is 119 Å². The molecule has 0 unspecified atom stereocenters. The van der Waals surface area contributed by atoms with Gasteiger partial charge in [-0.25, -0.2) is 0 Å². The van der Waals surface area contributed by atoms with Crippen LogP contribution in [0.2, 0.25) is 0 Å². The Morgan fingerprint density at radius 3 is 1.03 bits per heavy atom. The minimum Gasteiger partial charge on any atom is -0.463 e. The Morgan fingerprint density at radius 2 is 0.758 bits per heavy atom. The third kappa shape index (κ3) is 29.1. The summed E-state index contributed by atoms with van der Waals surface area (Å²) < 4.78 is 47.8. The van der Waals surface area contributed by atoms with Crippen LogP contribution in [0.4, 0.5) is 0 Å². The zero-order chi connectivity index (χ0) is 24.1. The van der Waals surface area contributed by atoms with Crippen molar-refractivity contribution in [3.63, 3.8) is 0 Å². The molecule has 33 heavy (non-hydrogen) atoms. The summed E-state index contributed by atoms with van der Waals surface area (Å²) >= 11 is 0. The second-order valence-corrected chi connectivity index (χ2v) is 6.66. The Labute approximate surface area is 198 Å². The third-order valence-corrected chi connectivity index (χ3v) is 3.81. The third-order valence-electron chi connectivity index (χ3n) is 3.81. The molecule has 0 aromatic heterocycles. The molecule has 11 nitrogen and oxygen atoms in total. The Morgan fingerprint density at radius 1 is 0.485 bits per heavy atom. The largest absolute Gasteiger partial charge is 0.463 e. The van der Waals surface area contributed by atoms with E-state index in [4.69, 9.17) is 48.4 Å². The summed E-state index contributed by atoms with van der Waals surface area (Å²) in [6, 6.07) is 0. The molecule has 0 saturated carbocycles. The molecule has 0 amide bonds. The molecule has 2 N–H and O–H groups in total. The maximum Gasteiger partial charge on any atom is 0.305 e. The first kappa shape index (κ1) is 32.1. The number of nitrogens with two attached hydrogens (primary N) is 1. The molecule has 0 bridgehead atoms. The second kappa shape index (κ2) is 29.1. The van der Waals surface area contributed by atoms with Crippen LogP contribution < -0.4 is 5.73 Å². The minimum atomic E-state index is -0.185. The molecule has 0 spiro atoms. The van der Waals surface area contributed by atoms with Crippen molar-refractivity contribution in [2.45, 2.75) is 19.8 Å². The first-order valence-corrected chi connectivity index (χ1v) is 11.8. The number of ether oxygens (including phenoxy) is 9. The van der Waals surface area contributed by atoms with Crippen molar-refractivity contribution in [3.8, 4) is 0 Å². The van der Waals surface area contributed by atoms with Gasteiger partial charge in [0.2, 0.25) is 0 Å². The summed E-state index contributed by atoms with van der Waals surface area (Å²) in [7, 11) is 0. The van der Waals surface area contributed by atoms with E-state index in [-0.39, 0.29) is 12.6 Å². The molecule has 0 aliphatic carbocycles. The van der Waals surface area contributed by atoms with Gasteiger partial charge in [0, 0.05) is 13.0 Å². The van der Waals surface area contributed by atoms with Gasteiger partial charge in [-0.2, -0.15) is 0 Å². The fourth-order valence-corrected chi connectivity index (χ4v) is 2.22. The molecular weight excluding hydrogens is 438 g/mol. The molecule has 0 atom stereocenters. The smallest absolute Gasteiger partial charge is 0.305 e. The predicted molar refractivity (Wildman–Crippen MR) is 121 cm³/mol. The molecule has 0 aliphatic heterocycles. The molecular formula is C22H45NO10. The van der Waals surface area contributed by atoms with Crippen LogP contribution in [0.3, 0.4) is 0 Å². The van der Waals surface area contributed by atoms with Crippen LogP contribution in [0.5, 0.6) is 0 Å². The average Bonchev–Trinajstić information content (AvgIpc) is 2.81. The van der Waals surface area contributed by atoms with Crippen LogP contribution >= 0.6 is 0 Å². The van der Waals surface area contributed by atoms with Gasteiger partial charge in [-0.15, -0.1) is 0 Å². The summed E-state index contributed by atoms with van der Waals surface area (Å²) in [5.74, 6) is -0.185. The van der Waals surface area contributed by atoms with E-state index in [1.807, 2.05) is 6.92 Å². The molecule has 0 heterocycles. The highest BCUT2D eigenvalue weighted by molar-refractivity contribution is 5.69. The lowest BCUT2D eigenvalue weighted by molar-refractivity contribution is -0.145. The molecule has 0 radical (unpaired) electrons. The van der Waals surface area contributed by atoms with E-state index in [1.54, 1.807) is 0 Å². The average molecular weight is 484 g/mol. The number of hydrogen-bond donors (Lipinski definition) is 1. The molecule has 0 aromatic rings. The van der Waals surface area contributed by atoms with Crippen LogP contribution in [-0.2, 0) is 47.4 Å². The number of carbonyl (C=O) groups excluding carboxylic acids is 1. The molecule has 198 valence electrons. The SMILES string of the molecule is CCCC(=O)OCCOCCOCCOCCOCCOCCOCCOCCOCCN. The van der Waals surface area contributed by atoms with Crippen molar-refractivity contribution < 1.29 is 47.4 Å². The topological polar surface area (TPSA) is 126 Å². The monoisotopic (exact) mass is 483 g/mol. The van der Waals surface area contributed by atoms with Crippen LogP contribution in [0.1, 0.15) is 19.8 Å². The summed E-state index contributed by atoms with van der Waals surface area (Å²) in [4.78, 5) is 11.1. The number of hydrogen-bond acceptors (Lipinski definition) is 11. The van der Waals surface area contributed by atoms with Gasteiger partial charge in [-0.05, 0) is 6.42 Å². The highest BCUT2D eigenvalue weighted by atomic mass is 16.6. The summed E-state index contributed by atoms with van der Waals surface area (Å²) in [6.45, 7) is 10.8. The van der Waals surface area contributed by atoms with Crippen LogP contribution in [0.25, 0.3) is 0 Å². The maximum atomic E-state index is 11.1. The van der Waals surface area contributed by atoms with Crippen molar-refractivity contribution in [1.82, 2.24) is 0 Å². The lowest BCUT2D eigenvalue weighted by Crippen LogP contribution is -2.15. The van der Waals surface area contributed by atoms with Crippen molar-refractivity contribution in [3.05, 3.63) is 0 Å². The quantitative estimate of drug-likeness (QED) is 0.123. The normalized spacial score (nSPS) is 11.2. The fraction of sp³-hybridized carbons (Fsp3) is 0.955. The van der Waals surface area contributed by atoms with Crippen LogP contribution in [0, 0.1) is 0 Å². The zero-order valence-electron chi connectivity index (χ0n) is 20.3. The Bertz CT molecular complexity index is 390. The van der Waals surface area contributed by atoms with E-state index >= 15 is 0 Å².